The first-order chi connectivity index (χ1) is 14.3. The fraction of sp³-hybridized carbons (Fsp3) is 0.409. The molecule has 0 bridgehead atoms. The summed E-state index contributed by atoms with van der Waals surface area (Å²) in [5, 5.41) is -1.44. The van der Waals surface area contributed by atoms with E-state index in [-0.39, 0.29) is 16.4 Å². The standard InChI is InChI=1S/C22H29NO6S2/c1-16-7-11-18(12-8-16)30(25,20(15-28-6)21(24)29-22(3,4)5)23-31(26,27)19-13-9-17(2)10-14-19/h7-14,20H,15H2,1-6H3. The molecule has 0 aliphatic heterocycles. The van der Waals surface area contributed by atoms with Crippen LogP contribution >= 0.6 is 0 Å². The SMILES string of the molecule is COCC(C(=O)OC(C)(C)C)S(=O)(=NS(=O)(=O)c1ccc(C)cc1)c1ccc(C)cc1. The van der Waals surface area contributed by atoms with Crippen LogP contribution in [-0.2, 0) is 34.0 Å². The zero-order chi connectivity index (χ0) is 23.4. The van der Waals surface area contributed by atoms with E-state index in [1.165, 1.54) is 31.4 Å². The summed E-state index contributed by atoms with van der Waals surface area (Å²) in [7, 11) is -6.85. The molecule has 2 unspecified atom stereocenters. The lowest BCUT2D eigenvalue weighted by Gasteiger charge is -2.25. The fourth-order valence-corrected chi connectivity index (χ4v) is 6.94. The Bertz CT molecular complexity index is 1140. The van der Waals surface area contributed by atoms with E-state index in [9.17, 15) is 17.4 Å². The van der Waals surface area contributed by atoms with E-state index in [0.29, 0.717) is 0 Å². The van der Waals surface area contributed by atoms with Crippen LogP contribution in [0.25, 0.3) is 0 Å². The van der Waals surface area contributed by atoms with Crippen molar-refractivity contribution in [3.63, 3.8) is 0 Å². The van der Waals surface area contributed by atoms with Crippen LogP contribution in [0.5, 0.6) is 0 Å². The van der Waals surface area contributed by atoms with Crippen LogP contribution in [0.4, 0.5) is 0 Å². The van der Waals surface area contributed by atoms with E-state index >= 15 is 0 Å². The molecule has 0 aliphatic rings. The first-order valence-corrected chi connectivity index (χ1v) is 12.7. The van der Waals surface area contributed by atoms with Gasteiger partial charge in [-0.1, -0.05) is 35.4 Å². The first-order valence-electron chi connectivity index (χ1n) is 9.66. The Morgan fingerprint density at radius 1 is 0.903 bits per heavy atom. The van der Waals surface area contributed by atoms with Crippen LogP contribution in [-0.4, -0.2) is 43.2 Å². The summed E-state index contributed by atoms with van der Waals surface area (Å²) in [6.07, 6.45) is 0. The smallest absolute Gasteiger partial charge is 0.325 e. The molecule has 0 heterocycles. The molecule has 0 spiro atoms. The largest absolute Gasteiger partial charge is 0.459 e. The Balaban J connectivity index is 2.77. The summed E-state index contributed by atoms with van der Waals surface area (Å²) in [6, 6.07) is 12.4. The van der Waals surface area contributed by atoms with Gasteiger partial charge in [0.1, 0.15) is 15.3 Å². The van der Waals surface area contributed by atoms with Gasteiger partial charge in [0.25, 0.3) is 10.0 Å². The summed E-state index contributed by atoms with van der Waals surface area (Å²) in [6.45, 7) is 8.34. The van der Waals surface area contributed by atoms with Gasteiger partial charge in [-0.3, -0.25) is 4.79 Å². The molecule has 0 N–H and O–H groups in total. The van der Waals surface area contributed by atoms with Gasteiger partial charge < -0.3 is 9.47 Å². The fourth-order valence-electron chi connectivity index (χ4n) is 2.70. The monoisotopic (exact) mass is 467 g/mol. The number of carbonyl (C=O) groups is 1. The lowest BCUT2D eigenvalue weighted by Crippen LogP contribution is -2.40. The second-order valence-corrected chi connectivity index (χ2v) is 12.4. The van der Waals surface area contributed by atoms with Gasteiger partial charge in [-0.2, -0.15) is 8.42 Å². The molecule has 0 aromatic heterocycles. The van der Waals surface area contributed by atoms with E-state index < -0.39 is 36.6 Å². The maximum absolute atomic E-state index is 14.2. The summed E-state index contributed by atoms with van der Waals surface area (Å²) < 4.78 is 54.8. The van der Waals surface area contributed by atoms with Gasteiger partial charge in [-0.05, 0) is 58.9 Å². The number of sulfonamides is 1. The minimum atomic E-state index is -4.35. The van der Waals surface area contributed by atoms with Gasteiger partial charge in [0.15, 0.2) is 5.25 Å². The zero-order valence-corrected chi connectivity index (χ0v) is 20.2. The maximum Gasteiger partial charge on any atom is 0.325 e. The van der Waals surface area contributed by atoms with Gasteiger partial charge >= 0.3 is 5.97 Å². The molecule has 2 atom stereocenters. The van der Waals surface area contributed by atoms with E-state index in [1.807, 2.05) is 13.8 Å². The van der Waals surface area contributed by atoms with E-state index in [4.69, 9.17) is 9.47 Å². The number of nitrogens with zero attached hydrogens (tertiary/aromatic N) is 1. The Morgan fingerprint density at radius 2 is 1.35 bits per heavy atom. The lowest BCUT2D eigenvalue weighted by atomic mass is 10.2. The third kappa shape index (κ3) is 6.38. The lowest BCUT2D eigenvalue weighted by molar-refractivity contribution is -0.155. The van der Waals surface area contributed by atoms with Crippen molar-refractivity contribution in [2.45, 2.75) is 55.3 Å². The van der Waals surface area contributed by atoms with Crippen molar-refractivity contribution < 1.29 is 26.9 Å². The minimum Gasteiger partial charge on any atom is -0.459 e. The zero-order valence-electron chi connectivity index (χ0n) is 18.6. The number of esters is 1. The average molecular weight is 468 g/mol. The molecule has 0 radical (unpaired) electrons. The van der Waals surface area contributed by atoms with Crippen LogP contribution in [0.15, 0.2) is 62.1 Å². The molecule has 0 fully saturated rings. The Kier molecular flexibility index (Phi) is 7.67. The average Bonchev–Trinajstić information content (AvgIpc) is 2.65. The number of hydrogen-bond donors (Lipinski definition) is 0. The van der Waals surface area contributed by atoms with Crippen molar-refractivity contribution in [1.82, 2.24) is 0 Å². The number of hydrogen-bond acceptors (Lipinski definition) is 6. The third-order valence-corrected chi connectivity index (χ3v) is 8.85. The Morgan fingerprint density at radius 3 is 1.77 bits per heavy atom. The van der Waals surface area contributed by atoms with Crippen molar-refractivity contribution >= 4 is 25.7 Å². The second kappa shape index (κ2) is 9.50. The third-order valence-electron chi connectivity index (χ3n) is 4.26. The number of benzene rings is 2. The van der Waals surface area contributed by atoms with Crippen molar-refractivity contribution in [2.75, 3.05) is 13.7 Å². The van der Waals surface area contributed by atoms with Crippen molar-refractivity contribution in [2.24, 2.45) is 3.77 Å². The normalized spacial score (nSPS) is 15.0. The molecule has 2 rings (SSSR count). The summed E-state index contributed by atoms with van der Waals surface area (Å²) in [5.41, 5.74) is 0.878. The highest BCUT2D eigenvalue weighted by molar-refractivity contribution is 8.04. The molecule has 0 saturated heterocycles. The summed E-state index contributed by atoms with van der Waals surface area (Å²) in [5.74, 6) is -0.845. The molecule has 31 heavy (non-hydrogen) atoms. The Labute approximate surface area is 185 Å². The highest BCUT2D eigenvalue weighted by Crippen LogP contribution is 2.27. The molecule has 2 aromatic rings. The molecule has 7 nitrogen and oxygen atoms in total. The molecule has 170 valence electrons. The first kappa shape index (κ1) is 25.0. The molecule has 0 aliphatic carbocycles. The topological polar surface area (TPSA) is 99.1 Å². The minimum absolute atomic E-state index is 0.113. The van der Waals surface area contributed by atoms with E-state index in [0.717, 1.165) is 11.1 Å². The highest BCUT2D eigenvalue weighted by Gasteiger charge is 2.38. The van der Waals surface area contributed by atoms with Crippen LogP contribution in [0.3, 0.4) is 0 Å². The predicted molar refractivity (Wildman–Crippen MR) is 120 cm³/mol. The molecule has 9 heteroatoms. The second-order valence-electron chi connectivity index (χ2n) is 8.22. The van der Waals surface area contributed by atoms with Crippen LogP contribution in [0.1, 0.15) is 31.9 Å². The van der Waals surface area contributed by atoms with Crippen LogP contribution in [0, 0.1) is 13.8 Å². The number of carbonyl (C=O) groups excluding carboxylic acids is 1. The Hall–Kier alpha value is -2.23. The van der Waals surface area contributed by atoms with E-state index in [1.54, 1.807) is 45.0 Å². The van der Waals surface area contributed by atoms with Gasteiger partial charge in [0.2, 0.25) is 0 Å². The van der Waals surface area contributed by atoms with E-state index in [2.05, 4.69) is 3.77 Å². The van der Waals surface area contributed by atoms with Crippen LogP contribution in [0.2, 0.25) is 0 Å². The number of aryl methyl sites for hydroxylation is 2. The number of methoxy groups -OCH3 is 1. The van der Waals surface area contributed by atoms with Crippen molar-refractivity contribution in [3.05, 3.63) is 59.7 Å². The van der Waals surface area contributed by atoms with Crippen molar-refractivity contribution in [3.8, 4) is 0 Å². The highest BCUT2D eigenvalue weighted by atomic mass is 32.3. The maximum atomic E-state index is 14.2. The number of rotatable bonds is 7. The van der Waals surface area contributed by atoms with Crippen LogP contribution < -0.4 is 0 Å². The summed E-state index contributed by atoms with van der Waals surface area (Å²) >= 11 is 0. The predicted octanol–water partition coefficient (Wildman–Crippen LogP) is 3.88. The molecule has 2 aromatic carbocycles. The van der Waals surface area contributed by atoms with Crippen molar-refractivity contribution in [1.29, 1.82) is 0 Å². The molecule has 0 saturated carbocycles. The number of ether oxygens (including phenoxy) is 2. The molecular formula is C22H29NO6S2. The van der Waals surface area contributed by atoms with Gasteiger partial charge in [-0.15, -0.1) is 3.77 Å². The van der Waals surface area contributed by atoms with Gasteiger partial charge in [0.05, 0.1) is 11.5 Å². The van der Waals surface area contributed by atoms with Gasteiger partial charge in [-0.25, -0.2) is 4.21 Å². The summed E-state index contributed by atoms with van der Waals surface area (Å²) in [4.78, 5) is 13.0. The molecular weight excluding hydrogens is 438 g/mol. The molecule has 0 amide bonds. The quantitative estimate of drug-likeness (QED) is 0.573. The van der Waals surface area contributed by atoms with Gasteiger partial charge in [0, 0.05) is 12.0 Å².